The third-order valence-electron chi connectivity index (χ3n) is 6.30. The fraction of sp³-hybridized carbons (Fsp3) is 0.308. The van der Waals surface area contributed by atoms with Crippen LogP contribution in [0, 0.1) is 13.8 Å². The van der Waals surface area contributed by atoms with E-state index in [1.165, 1.54) is 18.3 Å². The lowest BCUT2D eigenvalue weighted by molar-refractivity contribution is -0.165. The summed E-state index contributed by atoms with van der Waals surface area (Å²) in [6, 6.07) is 7.47. The maximum atomic E-state index is 13.6. The van der Waals surface area contributed by atoms with Crippen LogP contribution in [0.1, 0.15) is 61.9 Å². The predicted molar refractivity (Wildman–Crippen MR) is 140 cm³/mol. The number of rotatable bonds is 7. The molecule has 43 heavy (non-hydrogen) atoms. The molecule has 226 valence electrons. The molecule has 0 radical (unpaired) electrons. The monoisotopic (exact) mass is 626 g/mol. The van der Waals surface area contributed by atoms with Crippen molar-refractivity contribution in [2.75, 3.05) is 5.32 Å². The zero-order valence-corrected chi connectivity index (χ0v) is 23.1. The van der Waals surface area contributed by atoms with Gasteiger partial charge in [-0.25, -0.2) is 9.67 Å². The normalized spacial score (nSPS) is 13.7. The van der Waals surface area contributed by atoms with E-state index in [4.69, 9.17) is 11.6 Å². The Morgan fingerprint density at radius 2 is 1.63 bits per heavy atom. The molecular formula is C26H21ClF6N8O2. The van der Waals surface area contributed by atoms with Crippen LogP contribution in [-0.2, 0) is 18.9 Å². The lowest BCUT2D eigenvalue weighted by Gasteiger charge is -2.16. The summed E-state index contributed by atoms with van der Waals surface area (Å²) >= 11 is 6.27. The van der Waals surface area contributed by atoms with E-state index in [0.717, 1.165) is 29.2 Å². The fourth-order valence-corrected chi connectivity index (χ4v) is 4.49. The van der Waals surface area contributed by atoms with E-state index in [0.29, 0.717) is 5.56 Å². The highest BCUT2D eigenvalue weighted by Crippen LogP contribution is 2.38. The van der Waals surface area contributed by atoms with Gasteiger partial charge in [-0.15, -0.1) is 10.2 Å². The number of alkyl halides is 6. The van der Waals surface area contributed by atoms with E-state index in [-0.39, 0.29) is 44.3 Å². The van der Waals surface area contributed by atoms with Crippen molar-refractivity contribution in [3.8, 4) is 5.82 Å². The first kappa shape index (κ1) is 30.0. The molecule has 2 N–H and O–H groups in total. The van der Waals surface area contributed by atoms with Crippen LogP contribution < -0.4 is 10.6 Å². The minimum absolute atomic E-state index is 0.0400. The Hall–Kier alpha value is -4.47. The zero-order valence-electron chi connectivity index (χ0n) is 22.3. The first-order chi connectivity index (χ1) is 20.1. The Bertz CT molecular complexity index is 1690. The summed E-state index contributed by atoms with van der Waals surface area (Å²) in [4.78, 5) is 30.9. The summed E-state index contributed by atoms with van der Waals surface area (Å²) in [6.07, 6.45) is -7.83. The third kappa shape index (κ3) is 6.48. The van der Waals surface area contributed by atoms with Crippen molar-refractivity contribution in [3.05, 3.63) is 81.0 Å². The molecule has 0 bridgehead atoms. The van der Waals surface area contributed by atoms with Crippen molar-refractivity contribution in [1.29, 1.82) is 0 Å². The van der Waals surface area contributed by atoms with Gasteiger partial charge in [0.2, 0.25) is 0 Å². The average molecular weight is 627 g/mol. The van der Waals surface area contributed by atoms with Crippen molar-refractivity contribution in [2.24, 2.45) is 0 Å². The molecule has 1 aliphatic rings. The van der Waals surface area contributed by atoms with Gasteiger partial charge in [0.05, 0.1) is 22.0 Å². The van der Waals surface area contributed by atoms with E-state index < -0.39 is 42.1 Å². The van der Waals surface area contributed by atoms with Gasteiger partial charge < -0.3 is 10.6 Å². The minimum atomic E-state index is -5.43. The highest BCUT2D eigenvalue weighted by atomic mass is 35.5. The van der Waals surface area contributed by atoms with Gasteiger partial charge in [-0.1, -0.05) is 17.7 Å². The maximum Gasteiger partial charge on any atom is 0.437 e. The molecule has 4 aromatic rings. The Kier molecular flexibility index (Phi) is 7.66. The molecule has 0 atom stereocenters. The van der Waals surface area contributed by atoms with Crippen molar-refractivity contribution >= 4 is 29.1 Å². The summed E-state index contributed by atoms with van der Waals surface area (Å²) in [5.41, 5.74) is -3.09. The van der Waals surface area contributed by atoms with E-state index in [1.54, 1.807) is 26.0 Å². The van der Waals surface area contributed by atoms with Crippen LogP contribution in [0.25, 0.3) is 5.82 Å². The van der Waals surface area contributed by atoms with Crippen molar-refractivity contribution in [1.82, 2.24) is 35.1 Å². The third-order valence-corrected chi connectivity index (χ3v) is 6.60. The van der Waals surface area contributed by atoms with Crippen LogP contribution in [0.15, 0.2) is 36.5 Å². The molecule has 0 aliphatic heterocycles. The molecule has 1 aromatic carbocycles. The Morgan fingerprint density at radius 1 is 0.977 bits per heavy atom. The molecule has 0 spiro atoms. The van der Waals surface area contributed by atoms with Crippen LogP contribution in [0.4, 0.5) is 32.0 Å². The topological polar surface area (TPSA) is 120 Å². The number of aromatic nitrogens is 6. The Morgan fingerprint density at radius 3 is 2.21 bits per heavy atom. The number of benzene rings is 1. The second kappa shape index (κ2) is 11.0. The predicted octanol–water partition coefficient (Wildman–Crippen LogP) is 5.36. The number of carbonyl (C=O) groups excluding carboxylic acids is 2. The SMILES string of the molecule is Cc1cc(C)c(NC(=O)c2cc(Cn3nc(C(F)(F)F)c(C(F)(F)F)n3)nn2-c2ncccc2Cl)c(C(=O)NC2CC2)c1. The highest BCUT2D eigenvalue weighted by Gasteiger charge is 2.48. The average Bonchev–Trinajstić information content (AvgIpc) is 3.43. The summed E-state index contributed by atoms with van der Waals surface area (Å²) in [7, 11) is 0. The van der Waals surface area contributed by atoms with Crippen molar-refractivity contribution in [2.45, 2.75) is 51.6 Å². The van der Waals surface area contributed by atoms with Crippen molar-refractivity contribution < 1.29 is 35.9 Å². The largest absolute Gasteiger partial charge is 0.437 e. The van der Waals surface area contributed by atoms with Gasteiger partial charge in [-0.3, -0.25) is 9.59 Å². The molecule has 5 rings (SSSR count). The lowest BCUT2D eigenvalue weighted by atomic mass is 10.0. The van der Waals surface area contributed by atoms with Crippen LogP contribution >= 0.6 is 11.6 Å². The molecule has 0 unspecified atom stereocenters. The Balaban J connectivity index is 1.54. The van der Waals surface area contributed by atoms with Gasteiger partial charge >= 0.3 is 12.4 Å². The Labute approximate surface area is 244 Å². The molecule has 0 saturated heterocycles. The molecule has 17 heteroatoms. The van der Waals surface area contributed by atoms with Gasteiger partial charge in [-0.05, 0) is 62.1 Å². The summed E-state index contributed by atoms with van der Waals surface area (Å²) in [6.45, 7) is 2.71. The fourth-order valence-electron chi connectivity index (χ4n) is 4.29. The van der Waals surface area contributed by atoms with Crippen LogP contribution in [-0.4, -0.2) is 47.6 Å². The zero-order chi connectivity index (χ0) is 31.3. The number of hydrogen-bond donors (Lipinski definition) is 2. The smallest absolute Gasteiger partial charge is 0.349 e. The first-order valence-electron chi connectivity index (χ1n) is 12.6. The number of halogens is 7. The van der Waals surface area contributed by atoms with Gasteiger partial charge in [-0.2, -0.15) is 36.2 Å². The number of pyridine rings is 1. The quantitative estimate of drug-likeness (QED) is 0.267. The van der Waals surface area contributed by atoms with E-state index >= 15 is 0 Å². The number of hydrogen-bond acceptors (Lipinski definition) is 6. The molecule has 1 aliphatic carbocycles. The van der Waals surface area contributed by atoms with Gasteiger partial charge in [0.25, 0.3) is 11.8 Å². The number of nitrogens with one attached hydrogen (secondary N) is 2. The number of nitrogens with zero attached hydrogens (tertiary/aromatic N) is 6. The van der Waals surface area contributed by atoms with Gasteiger partial charge in [0, 0.05) is 12.2 Å². The summed E-state index contributed by atoms with van der Waals surface area (Å²) < 4.78 is 80.5. The highest BCUT2D eigenvalue weighted by molar-refractivity contribution is 6.32. The number of anilines is 1. The summed E-state index contributed by atoms with van der Waals surface area (Å²) in [5.74, 6) is -1.25. The van der Waals surface area contributed by atoms with E-state index in [1.807, 2.05) is 0 Å². The lowest BCUT2D eigenvalue weighted by Crippen LogP contribution is -2.28. The van der Waals surface area contributed by atoms with Gasteiger partial charge in [0.15, 0.2) is 17.2 Å². The molecule has 1 fully saturated rings. The molecule has 10 nitrogen and oxygen atoms in total. The molecule has 3 aromatic heterocycles. The van der Waals surface area contributed by atoms with E-state index in [9.17, 15) is 35.9 Å². The maximum absolute atomic E-state index is 13.6. The second-order valence-electron chi connectivity index (χ2n) is 9.87. The van der Waals surface area contributed by atoms with Crippen LogP contribution in [0.3, 0.4) is 0 Å². The molecule has 2 amide bonds. The van der Waals surface area contributed by atoms with E-state index in [2.05, 4.69) is 30.9 Å². The minimum Gasteiger partial charge on any atom is -0.349 e. The standard InChI is InChI=1S/C26H21ClF6N8O2/c1-12-8-13(2)19(16(9-12)23(42)35-14-5-6-14)36-24(43)18-10-15(37-41(18)22-17(27)4-3-7-34-22)11-40-38-20(25(28,29)30)21(39-40)26(31,32)33/h3-4,7-10,14H,5-6,11H2,1-2H3,(H,35,42)(H,36,43). The number of amides is 2. The first-order valence-corrected chi connectivity index (χ1v) is 13.0. The van der Waals surface area contributed by atoms with Gasteiger partial charge in [0.1, 0.15) is 12.2 Å². The number of aryl methyl sites for hydroxylation is 2. The molecule has 1 saturated carbocycles. The second-order valence-corrected chi connectivity index (χ2v) is 10.3. The van der Waals surface area contributed by atoms with Crippen molar-refractivity contribution in [3.63, 3.8) is 0 Å². The summed E-state index contributed by atoms with van der Waals surface area (Å²) in [5, 5.41) is 15.7. The molecular weight excluding hydrogens is 606 g/mol. The molecule has 3 heterocycles. The van der Waals surface area contributed by atoms with Crippen LogP contribution in [0.5, 0.6) is 0 Å². The number of carbonyl (C=O) groups is 2. The van der Waals surface area contributed by atoms with Crippen LogP contribution in [0.2, 0.25) is 5.02 Å².